The number of aromatic nitrogens is 2. The maximum absolute atomic E-state index is 9.08. The van der Waals surface area contributed by atoms with E-state index in [4.69, 9.17) is 10.00 Å². The van der Waals surface area contributed by atoms with E-state index in [2.05, 4.69) is 29.1 Å². The van der Waals surface area contributed by atoms with Gasteiger partial charge in [-0.05, 0) is 32.2 Å². The number of nitriles is 1. The van der Waals surface area contributed by atoms with Crippen LogP contribution in [0.4, 0.5) is 0 Å². The maximum Gasteiger partial charge on any atom is 0.137 e. The molecule has 0 radical (unpaired) electrons. The summed E-state index contributed by atoms with van der Waals surface area (Å²) in [5, 5.41) is 9.08. The summed E-state index contributed by atoms with van der Waals surface area (Å²) >= 11 is 0. The minimum absolute atomic E-state index is 0.631. The van der Waals surface area contributed by atoms with Crippen molar-refractivity contribution in [2.24, 2.45) is 0 Å². The predicted octanol–water partition coefficient (Wildman–Crippen LogP) is 3.24. The lowest BCUT2D eigenvalue weighted by Gasteiger charge is -2.18. The summed E-state index contributed by atoms with van der Waals surface area (Å²) < 4.78 is 7.67. The lowest BCUT2D eigenvalue weighted by atomic mass is 10.2. The molecule has 0 atom stereocenters. The van der Waals surface area contributed by atoms with E-state index in [9.17, 15) is 0 Å². The molecular formula is C19H20N4O. The van der Waals surface area contributed by atoms with Gasteiger partial charge in [0.2, 0.25) is 0 Å². The lowest BCUT2D eigenvalue weighted by molar-refractivity contribution is 0.295. The zero-order valence-corrected chi connectivity index (χ0v) is 13.9. The second-order valence-corrected chi connectivity index (χ2v) is 5.72. The second-order valence-electron chi connectivity index (χ2n) is 5.72. The quantitative estimate of drug-likeness (QED) is 0.700. The van der Waals surface area contributed by atoms with E-state index in [-0.39, 0.29) is 0 Å². The molecular weight excluding hydrogens is 300 g/mol. The third kappa shape index (κ3) is 3.39. The van der Waals surface area contributed by atoms with Crippen LogP contribution in [0.1, 0.15) is 23.7 Å². The van der Waals surface area contributed by atoms with E-state index < -0.39 is 0 Å². The highest BCUT2D eigenvalue weighted by atomic mass is 16.5. The van der Waals surface area contributed by atoms with Gasteiger partial charge >= 0.3 is 0 Å². The van der Waals surface area contributed by atoms with Gasteiger partial charge in [0, 0.05) is 24.8 Å². The molecule has 0 saturated heterocycles. The molecule has 0 unspecified atom stereocenters. The molecule has 0 aliphatic rings. The van der Waals surface area contributed by atoms with Gasteiger partial charge in [-0.1, -0.05) is 18.2 Å². The van der Waals surface area contributed by atoms with E-state index in [1.165, 1.54) is 0 Å². The van der Waals surface area contributed by atoms with Gasteiger partial charge in [0.25, 0.3) is 0 Å². The summed E-state index contributed by atoms with van der Waals surface area (Å²) in [7, 11) is 2.07. The van der Waals surface area contributed by atoms with Crippen LogP contribution in [0.25, 0.3) is 5.65 Å². The van der Waals surface area contributed by atoms with Crippen molar-refractivity contribution in [2.75, 3.05) is 13.7 Å². The van der Waals surface area contributed by atoms with Gasteiger partial charge in [0.15, 0.2) is 0 Å². The highest BCUT2D eigenvalue weighted by Gasteiger charge is 2.10. The Labute approximate surface area is 141 Å². The van der Waals surface area contributed by atoms with Crippen molar-refractivity contribution in [1.82, 2.24) is 14.3 Å². The van der Waals surface area contributed by atoms with Crippen LogP contribution in [0.3, 0.4) is 0 Å². The predicted molar refractivity (Wildman–Crippen MR) is 92.7 cm³/mol. The second kappa shape index (κ2) is 7.16. The Bertz CT molecular complexity index is 878. The molecule has 0 amide bonds. The number of para-hydroxylation sites is 1. The number of imidazole rings is 1. The summed E-state index contributed by atoms with van der Waals surface area (Å²) in [6, 6.07) is 13.9. The molecule has 0 saturated carbocycles. The van der Waals surface area contributed by atoms with Crippen molar-refractivity contribution in [3.05, 3.63) is 65.6 Å². The highest BCUT2D eigenvalue weighted by Crippen LogP contribution is 2.20. The van der Waals surface area contributed by atoms with Gasteiger partial charge < -0.3 is 9.14 Å². The van der Waals surface area contributed by atoms with Crippen molar-refractivity contribution in [1.29, 1.82) is 5.26 Å². The molecule has 0 N–H and O–H groups in total. The molecule has 2 heterocycles. The number of pyridine rings is 1. The van der Waals surface area contributed by atoms with Crippen LogP contribution in [-0.4, -0.2) is 27.9 Å². The van der Waals surface area contributed by atoms with Crippen LogP contribution in [0.15, 0.2) is 48.8 Å². The largest absolute Gasteiger partial charge is 0.494 e. The average molecular weight is 320 g/mol. The first kappa shape index (κ1) is 16.0. The Hall–Kier alpha value is -2.84. The molecule has 0 fully saturated rings. The van der Waals surface area contributed by atoms with Crippen LogP contribution >= 0.6 is 0 Å². The molecule has 24 heavy (non-hydrogen) atoms. The van der Waals surface area contributed by atoms with Gasteiger partial charge in [0.1, 0.15) is 17.5 Å². The van der Waals surface area contributed by atoms with Gasteiger partial charge in [-0.15, -0.1) is 0 Å². The molecule has 1 aromatic carbocycles. The topological polar surface area (TPSA) is 53.6 Å². The van der Waals surface area contributed by atoms with Gasteiger partial charge in [-0.3, -0.25) is 4.90 Å². The Morgan fingerprint density at radius 2 is 2.04 bits per heavy atom. The van der Waals surface area contributed by atoms with E-state index in [1.54, 1.807) is 6.07 Å². The van der Waals surface area contributed by atoms with Crippen molar-refractivity contribution >= 4 is 5.65 Å². The van der Waals surface area contributed by atoms with Crippen molar-refractivity contribution < 1.29 is 4.74 Å². The molecule has 5 heteroatoms. The normalized spacial score (nSPS) is 10.9. The van der Waals surface area contributed by atoms with Crippen LogP contribution in [0, 0.1) is 11.3 Å². The van der Waals surface area contributed by atoms with E-state index in [0.29, 0.717) is 12.2 Å². The summed E-state index contributed by atoms with van der Waals surface area (Å²) in [6.45, 7) is 4.16. The molecule has 5 nitrogen and oxygen atoms in total. The monoisotopic (exact) mass is 320 g/mol. The summed E-state index contributed by atoms with van der Waals surface area (Å²) in [5.74, 6) is 0.928. The lowest BCUT2D eigenvalue weighted by Crippen LogP contribution is -2.18. The number of hydrogen-bond acceptors (Lipinski definition) is 4. The number of hydrogen-bond donors (Lipinski definition) is 0. The van der Waals surface area contributed by atoms with Gasteiger partial charge in [-0.2, -0.15) is 5.26 Å². The summed E-state index contributed by atoms with van der Waals surface area (Å²) in [6.07, 6.45) is 3.70. The van der Waals surface area contributed by atoms with Gasteiger partial charge in [0.05, 0.1) is 24.1 Å². The smallest absolute Gasteiger partial charge is 0.137 e. The Morgan fingerprint density at radius 1 is 1.21 bits per heavy atom. The zero-order chi connectivity index (χ0) is 16.9. The first-order valence-electron chi connectivity index (χ1n) is 7.96. The van der Waals surface area contributed by atoms with E-state index >= 15 is 0 Å². The first-order valence-corrected chi connectivity index (χ1v) is 7.96. The Morgan fingerprint density at radius 3 is 2.83 bits per heavy atom. The summed E-state index contributed by atoms with van der Waals surface area (Å²) in [4.78, 5) is 6.61. The van der Waals surface area contributed by atoms with Crippen molar-refractivity contribution in [2.45, 2.75) is 20.0 Å². The molecule has 3 rings (SSSR count). The fraction of sp³-hybridized carbons (Fsp3) is 0.263. The van der Waals surface area contributed by atoms with Crippen molar-refractivity contribution in [3.63, 3.8) is 0 Å². The molecule has 0 spiro atoms. The maximum atomic E-state index is 9.08. The Balaban J connectivity index is 1.78. The first-order chi connectivity index (χ1) is 11.7. The van der Waals surface area contributed by atoms with E-state index in [0.717, 1.165) is 35.7 Å². The number of fused-ring (bicyclic) bond motifs is 1. The third-order valence-corrected chi connectivity index (χ3v) is 3.86. The average Bonchev–Trinajstić information content (AvgIpc) is 2.99. The zero-order valence-electron chi connectivity index (χ0n) is 13.9. The van der Waals surface area contributed by atoms with Crippen LogP contribution < -0.4 is 4.74 Å². The molecule has 0 aliphatic carbocycles. The number of benzene rings is 1. The molecule has 122 valence electrons. The van der Waals surface area contributed by atoms with Crippen molar-refractivity contribution in [3.8, 4) is 11.8 Å². The molecule has 0 bridgehead atoms. The highest BCUT2D eigenvalue weighted by molar-refractivity contribution is 5.44. The summed E-state index contributed by atoms with van der Waals surface area (Å²) in [5.41, 5.74) is 3.70. The number of ether oxygens (including phenoxy) is 1. The van der Waals surface area contributed by atoms with Crippen LogP contribution in [0.2, 0.25) is 0 Å². The molecule has 3 aromatic rings. The molecule has 2 aromatic heterocycles. The minimum atomic E-state index is 0.631. The SMILES string of the molecule is CCOc1ccccc1CN(C)Cc1cnc2ccc(C#N)cn12. The fourth-order valence-corrected chi connectivity index (χ4v) is 2.77. The van der Waals surface area contributed by atoms with Crippen LogP contribution in [-0.2, 0) is 13.1 Å². The number of nitrogens with zero attached hydrogens (tertiary/aromatic N) is 4. The minimum Gasteiger partial charge on any atom is -0.494 e. The standard InChI is InChI=1S/C19H20N4O/c1-3-24-18-7-5-4-6-16(18)13-22(2)14-17-11-21-19-9-8-15(10-20)12-23(17)19/h4-9,11-12H,3,13-14H2,1-2H3. The fourth-order valence-electron chi connectivity index (χ4n) is 2.77. The van der Waals surface area contributed by atoms with E-state index in [1.807, 2.05) is 48.0 Å². The Kier molecular flexibility index (Phi) is 4.78. The molecule has 0 aliphatic heterocycles. The third-order valence-electron chi connectivity index (χ3n) is 3.86. The number of rotatable bonds is 6. The van der Waals surface area contributed by atoms with Gasteiger partial charge in [-0.25, -0.2) is 4.98 Å². The van der Waals surface area contributed by atoms with Crippen LogP contribution in [0.5, 0.6) is 5.75 Å².